The third-order valence-corrected chi connectivity index (χ3v) is 6.95. The molecule has 0 aliphatic heterocycles. The molecular formula is C22H22ClN3O4S. The molecular weight excluding hydrogens is 438 g/mol. The Morgan fingerprint density at radius 1 is 1.06 bits per heavy atom. The Hall–Kier alpha value is -3.10. The Morgan fingerprint density at radius 2 is 1.71 bits per heavy atom. The number of aryl methyl sites for hydroxylation is 1. The molecule has 9 heteroatoms. The molecule has 0 atom stereocenters. The number of amides is 1. The van der Waals surface area contributed by atoms with Crippen LogP contribution in [0.15, 0.2) is 71.9 Å². The van der Waals surface area contributed by atoms with Gasteiger partial charge in [0.1, 0.15) is 6.54 Å². The van der Waals surface area contributed by atoms with E-state index in [0.29, 0.717) is 26.6 Å². The zero-order valence-electron chi connectivity index (χ0n) is 17.1. The molecule has 31 heavy (non-hydrogen) atoms. The third-order valence-electron chi connectivity index (χ3n) is 4.76. The van der Waals surface area contributed by atoms with E-state index in [-0.39, 0.29) is 11.4 Å². The number of aromatic nitrogens is 1. The minimum atomic E-state index is -4.02. The summed E-state index contributed by atoms with van der Waals surface area (Å²) in [6.45, 7) is 3.30. The summed E-state index contributed by atoms with van der Waals surface area (Å²) in [6.07, 6.45) is 2.65. The van der Waals surface area contributed by atoms with Crippen LogP contribution < -0.4 is 14.4 Å². The van der Waals surface area contributed by atoms with Crippen molar-refractivity contribution >= 4 is 33.2 Å². The van der Waals surface area contributed by atoms with Gasteiger partial charge in [-0.2, -0.15) is 4.73 Å². The van der Waals surface area contributed by atoms with Crippen LogP contribution in [0, 0.1) is 19.1 Å². The van der Waals surface area contributed by atoms with E-state index in [1.165, 1.54) is 24.5 Å². The zero-order chi connectivity index (χ0) is 22.6. The number of carbonyl (C=O) groups excluding carboxylic acids is 1. The fourth-order valence-corrected chi connectivity index (χ4v) is 4.60. The first-order chi connectivity index (χ1) is 14.7. The third kappa shape index (κ3) is 5.34. The number of nitrogens with one attached hydrogen (secondary N) is 1. The van der Waals surface area contributed by atoms with Crippen LogP contribution in [0.25, 0.3) is 0 Å². The lowest BCUT2D eigenvalue weighted by molar-refractivity contribution is -0.605. The second kappa shape index (κ2) is 9.36. The van der Waals surface area contributed by atoms with Gasteiger partial charge >= 0.3 is 0 Å². The molecule has 0 saturated heterocycles. The van der Waals surface area contributed by atoms with Crippen molar-refractivity contribution in [2.75, 3.05) is 10.8 Å². The summed E-state index contributed by atoms with van der Waals surface area (Å²) in [4.78, 5) is 12.8. The molecule has 0 bridgehead atoms. The molecule has 2 aromatic carbocycles. The van der Waals surface area contributed by atoms with Gasteiger partial charge in [0, 0.05) is 23.7 Å². The van der Waals surface area contributed by atoms with Gasteiger partial charge in [0.15, 0.2) is 12.4 Å². The lowest BCUT2D eigenvalue weighted by atomic mass is 10.2. The van der Waals surface area contributed by atoms with Crippen molar-refractivity contribution in [1.82, 2.24) is 5.32 Å². The molecule has 0 aliphatic rings. The maximum Gasteiger partial charge on any atom is 0.264 e. The van der Waals surface area contributed by atoms with E-state index in [1.54, 1.807) is 49.4 Å². The van der Waals surface area contributed by atoms with Crippen LogP contribution in [0.2, 0.25) is 5.02 Å². The van der Waals surface area contributed by atoms with Crippen LogP contribution in [0.3, 0.4) is 0 Å². The normalized spacial score (nSPS) is 11.2. The predicted octanol–water partition coefficient (Wildman–Crippen LogP) is 3.10. The van der Waals surface area contributed by atoms with Crippen LogP contribution in [0.4, 0.5) is 5.69 Å². The maximum atomic E-state index is 13.4. The quantitative estimate of drug-likeness (QED) is 0.434. The van der Waals surface area contributed by atoms with Gasteiger partial charge < -0.3 is 10.5 Å². The van der Waals surface area contributed by atoms with Crippen molar-refractivity contribution in [3.63, 3.8) is 0 Å². The van der Waals surface area contributed by atoms with Crippen molar-refractivity contribution < 1.29 is 17.9 Å². The molecule has 7 nitrogen and oxygen atoms in total. The molecule has 1 N–H and O–H groups in total. The van der Waals surface area contributed by atoms with Crippen LogP contribution in [0.5, 0.6) is 0 Å². The van der Waals surface area contributed by atoms with Gasteiger partial charge in [-0.05, 0) is 49.2 Å². The summed E-state index contributed by atoms with van der Waals surface area (Å²) in [6, 6.07) is 14.5. The fourth-order valence-electron chi connectivity index (χ4n) is 2.95. The molecule has 0 fully saturated rings. The van der Waals surface area contributed by atoms with E-state index < -0.39 is 22.5 Å². The lowest BCUT2D eigenvalue weighted by Crippen LogP contribution is -2.41. The van der Waals surface area contributed by atoms with E-state index >= 15 is 0 Å². The highest BCUT2D eigenvalue weighted by atomic mass is 35.5. The van der Waals surface area contributed by atoms with E-state index in [0.717, 1.165) is 9.87 Å². The fraction of sp³-hybridized carbons (Fsp3) is 0.182. The highest BCUT2D eigenvalue weighted by Gasteiger charge is 2.28. The number of anilines is 1. The summed E-state index contributed by atoms with van der Waals surface area (Å²) < 4.78 is 28.5. The first-order valence-electron chi connectivity index (χ1n) is 9.47. The standard InChI is InChI=1S/C22H22ClN3O4S/c1-16-6-8-19(9-7-16)31(29,30)26(21-5-3-4-20(23)17(21)2)15-22(27)24-14-18-10-12-25(28)13-11-18/h3-13H,14-15H2,1-2H3,(H,24,27). The number of pyridine rings is 1. The summed E-state index contributed by atoms with van der Waals surface area (Å²) in [5.74, 6) is -0.492. The van der Waals surface area contributed by atoms with Gasteiger partial charge in [-0.25, -0.2) is 8.42 Å². The SMILES string of the molecule is Cc1ccc(S(=O)(=O)N(CC(=O)NCc2cc[n+]([O-])cc2)c2cccc(Cl)c2C)cc1. The second-order valence-corrected chi connectivity index (χ2v) is 9.32. The van der Waals surface area contributed by atoms with E-state index in [2.05, 4.69) is 5.32 Å². The first-order valence-corrected chi connectivity index (χ1v) is 11.3. The molecule has 1 amide bonds. The average molecular weight is 460 g/mol. The van der Waals surface area contributed by atoms with Crippen LogP contribution >= 0.6 is 11.6 Å². The largest absolute Gasteiger partial charge is 0.619 e. The number of carbonyl (C=O) groups is 1. The van der Waals surface area contributed by atoms with E-state index in [1.807, 2.05) is 6.92 Å². The van der Waals surface area contributed by atoms with Crippen LogP contribution in [0.1, 0.15) is 16.7 Å². The molecule has 3 rings (SSSR count). The minimum Gasteiger partial charge on any atom is -0.619 e. The van der Waals surface area contributed by atoms with Crippen molar-refractivity contribution in [2.45, 2.75) is 25.3 Å². The van der Waals surface area contributed by atoms with Gasteiger partial charge in [-0.3, -0.25) is 9.10 Å². The summed E-state index contributed by atoms with van der Waals surface area (Å²) >= 11 is 6.22. The summed E-state index contributed by atoms with van der Waals surface area (Å²) in [5, 5.41) is 14.2. The molecule has 0 spiro atoms. The first kappa shape index (κ1) is 22.6. The zero-order valence-corrected chi connectivity index (χ0v) is 18.7. The number of nitrogens with zero attached hydrogens (tertiary/aromatic N) is 2. The number of hydrogen-bond acceptors (Lipinski definition) is 4. The lowest BCUT2D eigenvalue weighted by Gasteiger charge is -2.26. The van der Waals surface area contributed by atoms with Crippen molar-refractivity contribution in [3.05, 3.63) is 93.9 Å². The number of rotatable bonds is 7. The molecule has 1 aromatic heterocycles. The molecule has 0 saturated carbocycles. The van der Waals surface area contributed by atoms with Gasteiger partial charge in [0.25, 0.3) is 10.0 Å². The average Bonchev–Trinajstić information content (AvgIpc) is 2.74. The Morgan fingerprint density at radius 3 is 2.35 bits per heavy atom. The predicted molar refractivity (Wildman–Crippen MR) is 119 cm³/mol. The van der Waals surface area contributed by atoms with E-state index in [9.17, 15) is 18.4 Å². The molecule has 0 radical (unpaired) electrons. The monoisotopic (exact) mass is 459 g/mol. The highest BCUT2D eigenvalue weighted by molar-refractivity contribution is 7.92. The maximum absolute atomic E-state index is 13.4. The van der Waals surface area contributed by atoms with Gasteiger partial charge in [0.05, 0.1) is 10.6 Å². The molecule has 0 unspecified atom stereocenters. The van der Waals surface area contributed by atoms with Gasteiger partial charge in [0.2, 0.25) is 5.91 Å². The highest BCUT2D eigenvalue weighted by Crippen LogP contribution is 2.30. The number of sulfonamides is 1. The Kier molecular flexibility index (Phi) is 6.82. The van der Waals surface area contributed by atoms with Crippen LogP contribution in [-0.2, 0) is 21.4 Å². The van der Waals surface area contributed by atoms with Gasteiger partial charge in [-0.15, -0.1) is 0 Å². The molecule has 0 aliphatic carbocycles. The molecule has 162 valence electrons. The minimum absolute atomic E-state index is 0.0772. The molecule has 1 heterocycles. The number of hydrogen-bond donors (Lipinski definition) is 1. The van der Waals surface area contributed by atoms with Gasteiger partial charge in [-0.1, -0.05) is 35.4 Å². The number of halogens is 1. The smallest absolute Gasteiger partial charge is 0.264 e. The van der Waals surface area contributed by atoms with Crippen molar-refractivity contribution in [2.24, 2.45) is 0 Å². The van der Waals surface area contributed by atoms with E-state index in [4.69, 9.17) is 11.6 Å². The molecule has 3 aromatic rings. The Balaban J connectivity index is 1.90. The Labute approximate surface area is 186 Å². The van der Waals surface area contributed by atoms with Crippen molar-refractivity contribution in [3.8, 4) is 0 Å². The topological polar surface area (TPSA) is 93.4 Å². The summed E-state index contributed by atoms with van der Waals surface area (Å²) in [5.41, 5.74) is 2.52. The number of benzene rings is 2. The summed E-state index contributed by atoms with van der Waals surface area (Å²) in [7, 11) is -4.02. The Bertz CT molecular complexity index is 1180. The van der Waals surface area contributed by atoms with Crippen molar-refractivity contribution in [1.29, 1.82) is 0 Å². The second-order valence-electron chi connectivity index (χ2n) is 7.05. The van der Waals surface area contributed by atoms with Crippen LogP contribution in [-0.4, -0.2) is 20.9 Å².